The minimum absolute atomic E-state index is 0.779. The van der Waals surface area contributed by atoms with Crippen molar-refractivity contribution in [3.05, 3.63) is 48.0 Å². The Morgan fingerprint density at radius 1 is 0.459 bits per heavy atom. The van der Waals surface area contributed by atoms with E-state index in [4.69, 9.17) is 9.47 Å². The molecule has 3 aromatic rings. The number of hydrogen-bond donors (Lipinski definition) is 0. The van der Waals surface area contributed by atoms with E-state index in [9.17, 15) is 0 Å². The van der Waals surface area contributed by atoms with Gasteiger partial charge in [0.05, 0.1) is 13.2 Å². The summed E-state index contributed by atoms with van der Waals surface area (Å²) in [4.78, 5) is 0. The van der Waals surface area contributed by atoms with Gasteiger partial charge in [0.2, 0.25) is 0 Å². The number of hydrogen-bond acceptors (Lipinski definition) is 2. The maximum absolute atomic E-state index is 6.60. The van der Waals surface area contributed by atoms with Crippen LogP contribution < -0.4 is 9.47 Å². The monoisotopic (exact) mass is 504 g/mol. The molecule has 2 nitrogen and oxygen atoms in total. The lowest BCUT2D eigenvalue weighted by atomic mass is 9.97. The lowest BCUT2D eigenvalue weighted by Crippen LogP contribution is -2.03. The quantitative estimate of drug-likeness (QED) is 0.112. The van der Waals surface area contributed by atoms with E-state index in [0.717, 1.165) is 44.0 Å². The maximum atomic E-state index is 6.60. The minimum Gasteiger partial charge on any atom is -0.492 e. The topological polar surface area (TPSA) is 18.5 Å². The third kappa shape index (κ3) is 9.24. The number of fused-ring (bicyclic) bond motifs is 2. The van der Waals surface area contributed by atoms with Gasteiger partial charge in [0.15, 0.2) is 0 Å². The van der Waals surface area contributed by atoms with Crippen LogP contribution in [0.1, 0.15) is 123 Å². The van der Waals surface area contributed by atoms with Crippen LogP contribution in [0.3, 0.4) is 0 Å². The first-order valence-corrected chi connectivity index (χ1v) is 15.5. The minimum atomic E-state index is 0.779. The molecule has 0 amide bonds. The standard InChI is InChI=1S/C35H52O2/c1-4-7-10-12-14-19-26-36-34-30-22-17-18-23-31(30)35(37-27-20-15-13-11-8-5-2)33-28-29(21-16-9-6-3)24-25-32(33)34/h17-18,22-25,28H,4-16,19-21,26-27H2,1-3H3. The maximum Gasteiger partial charge on any atom is 0.135 e. The molecule has 204 valence electrons. The molecule has 0 saturated heterocycles. The van der Waals surface area contributed by atoms with E-state index < -0.39 is 0 Å². The highest BCUT2D eigenvalue weighted by molar-refractivity contribution is 6.11. The summed E-state index contributed by atoms with van der Waals surface area (Å²) < 4.78 is 13.2. The molecular weight excluding hydrogens is 452 g/mol. The molecule has 0 bridgehead atoms. The molecule has 3 aromatic carbocycles. The highest BCUT2D eigenvalue weighted by atomic mass is 16.5. The molecule has 3 rings (SSSR count). The zero-order chi connectivity index (χ0) is 26.1. The molecular formula is C35H52O2. The summed E-state index contributed by atoms with van der Waals surface area (Å²) >= 11 is 0. The predicted octanol–water partition coefficient (Wildman–Crippen LogP) is 11.2. The van der Waals surface area contributed by atoms with Crippen molar-refractivity contribution in [2.45, 2.75) is 124 Å². The Morgan fingerprint density at radius 2 is 0.919 bits per heavy atom. The average molecular weight is 505 g/mol. The second-order valence-corrected chi connectivity index (χ2v) is 10.8. The Hall–Kier alpha value is -2.22. The molecule has 37 heavy (non-hydrogen) atoms. The van der Waals surface area contributed by atoms with Gasteiger partial charge in [-0.15, -0.1) is 0 Å². The second-order valence-electron chi connectivity index (χ2n) is 10.8. The molecule has 0 spiro atoms. The van der Waals surface area contributed by atoms with Crippen molar-refractivity contribution in [3.8, 4) is 11.5 Å². The summed E-state index contributed by atoms with van der Waals surface area (Å²) in [7, 11) is 0. The average Bonchev–Trinajstić information content (AvgIpc) is 2.92. The Bertz CT molecular complexity index is 1040. The lowest BCUT2D eigenvalue weighted by molar-refractivity contribution is 0.306. The van der Waals surface area contributed by atoms with Crippen LogP contribution in [-0.4, -0.2) is 13.2 Å². The van der Waals surface area contributed by atoms with Crippen LogP contribution in [0.5, 0.6) is 11.5 Å². The zero-order valence-corrected chi connectivity index (χ0v) is 24.1. The fraction of sp³-hybridized carbons (Fsp3) is 0.600. The summed E-state index contributed by atoms with van der Waals surface area (Å²) in [5.41, 5.74) is 1.41. The van der Waals surface area contributed by atoms with Gasteiger partial charge in [-0.2, -0.15) is 0 Å². The van der Waals surface area contributed by atoms with Crippen LogP contribution in [-0.2, 0) is 6.42 Å². The van der Waals surface area contributed by atoms with Gasteiger partial charge in [-0.05, 0) is 37.3 Å². The Morgan fingerprint density at radius 3 is 1.49 bits per heavy atom. The number of rotatable bonds is 20. The summed E-state index contributed by atoms with van der Waals surface area (Å²) in [5, 5.41) is 4.78. The van der Waals surface area contributed by atoms with Crippen molar-refractivity contribution in [1.82, 2.24) is 0 Å². The van der Waals surface area contributed by atoms with Crippen molar-refractivity contribution < 1.29 is 9.47 Å². The van der Waals surface area contributed by atoms with Crippen molar-refractivity contribution in [3.63, 3.8) is 0 Å². The fourth-order valence-corrected chi connectivity index (χ4v) is 5.31. The molecule has 0 fully saturated rings. The lowest BCUT2D eigenvalue weighted by Gasteiger charge is -2.19. The Balaban J connectivity index is 1.84. The van der Waals surface area contributed by atoms with Gasteiger partial charge in [-0.1, -0.05) is 134 Å². The zero-order valence-electron chi connectivity index (χ0n) is 24.1. The van der Waals surface area contributed by atoms with Crippen LogP contribution in [0.4, 0.5) is 0 Å². The van der Waals surface area contributed by atoms with Gasteiger partial charge in [0.25, 0.3) is 0 Å². The summed E-state index contributed by atoms with van der Waals surface area (Å²) in [6, 6.07) is 15.7. The number of unbranched alkanes of at least 4 members (excludes halogenated alkanes) is 12. The SMILES string of the molecule is CCCCCCCCOc1c2ccccc2c(OCCCCCCCC)c2cc(CCCCC)ccc12. The molecule has 2 heteroatoms. The van der Waals surface area contributed by atoms with Crippen molar-refractivity contribution >= 4 is 21.5 Å². The normalized spacial score (nSPS) is 11.4. The molecule has 0 aliphatic rings. The first-order chi connectivity index (χ1) is 18.3. The van der Waals surface area contributed by atoms with Gasteiger partial charge in [0.1, 0.15) is 11.5 Å². The molecule has 0 radical (unpaired) electrons. The second kappa shape index (κ2) is 17.3. The van der Waals surface area contributed by atoms with Gasteiger partial charge in [0, 0.05) is 21.5 Å². The number of benzene rings is 3. The van der Waals surface area contributed by atoms with Crippen LogP contribution in [0, 0.1) is 0 Å². The van der Waals surface area contributed by atoms with Crippen LogP contribution in [0.2, 0.25) is 0 Å². The molecule has 0 heterocycles. The third-order valence-electron chi connectivity index (χ3n) is 7.55. The Labute approximate surface area is 227 Å². The van der Waals surface area contributed by atoms with E-state index >= 15 is 0 Å². The van der Waals surface area contributed by atoms with E-state index in [1.807, 2.05) is 0 Å². The van der Waals surface area contributed by atoms with Crippen LogP contribution >= 0.6 is 0 Å². The first-order valence-electron chi connectivity index (χ1n) is 15.5. The van der Waals surface area contributed by atoms with E-state index in [-0.39, 0.29) is 0 Å². The smallest absolute Gasteiger partial charge is 0.135 e. The summed E-state index contributed by atoms with van der Waals surface area (Å²) in [5.74, 6) is 2.08. The summed E-state index contributed by atoms with van der Waals surface area (Å²) in [6.45, 7) is 8.38. The van der Waals surface area contributed by atoms with Gasteiger partial charge in [-0.25, -0.2) is 0 Å². The van der Waals surface area contributed by atoms with E-state index in [1.165, 1.54) is 111 Å². The Kier molecular flexibility index (Phi) is 13.7. The van der Waals surface area contributed by atoms with E-state index in [0.29, 0.717) is 0 Å². The van der Waals surface area contributed by atoms with Gasteiger partial charge >= 0.3 is 0 Å². The first kappa shape index (κ1) is 29.3. The molecule has 0 saturated carbocycles. The predicted molar refractivity (Wildman–Crippen MR) is 162 cm³/mol. The van der Waals surface area contributed by atoms with Crippen LogP contribution in [0.25, 0.3) is 21.5 Å². The van der Waals surface area contributed by atoms with E-state index in [2.05, 4.69) is 63.2 Å². The molecule has 0 aromatic heterocycles. The largest absolute Gasteiger partial charge is 0.492 e. The number of aryl methyl sites for hydroxylation is 1. The highest BCUT2D eigenvalue weighted by Crippen LogP contribution is 2.43. The highest BCUT2D eigenvalue weighted by Gasteiger charge is 2.17. The third-order valence-corrected chi connectivity index (χ3v) is 7.55. The van der Waals surface area contributed by atoms with E-state index in [1.54, 1.807) is 0 Å². The van der Waals surface area contributed by atoms with Crippen molar-refractivity contribution in [1.29, 1.82) is 0 Å². The molecule has 0 N–H and O–H groups in total. The summed E-state index contributed by atoms with van der Waals surface area (Å²) in [6.07, 6.45) is 20.2. The van der Waals surface area contributed by atoms with Gasteiger partial charge < -0.3 is 9.47 Å². The van der Waals surface area contributed by atoms with Gasteiger partial charge in [-0.3, -0.25) is 0 Å². The molecule has 0 aliphatic heterocycles. The molecule has 0 atom stereocenters. The van der Waals surface area contributed by atoms with Crippen molar-refractivity contribution in [2.75, 3.05) is 13.2 Å². The number of ether oxygens (including phenoxy) is 2. The fourth-order valence-electron chi connectivity index (χ4n) is 5.31. The van der Waals surface area contributed by atoms with Crippen molar-refractivity contribution in [2.24, 2.45) is 0 Å². The molecule has 0 aliphatic carbocycles. The molecule has 0 unspecified atom stereocenters. The van der Waals surface area contributed by atoms with Crippen LogP contribution in [0.15, 0.2) is 42.5 Å².